The maximum atomic E-state index is 11.4. The number of likely N-dealkylation sites (tertiary alicyclic amines) is 1. The Kier molecular flexibility index (Phi) is 4.65. The summed E-state index contributed by atoms with van der Waals surface area (Å²) in [6.45, 7) is 4.99. The van der Waals surface area contributed by atoms with Crippen molar-refractivity contribution in [3.63, 3.8) is 0 Å². The van der Waals surface area contributed by atoms with Gasteiger partial charge in [-0.1, -0.05) is 19.1 Å². The van der Waals surface area contributed by atoms with Crippen LogP contribution in [-0.4, -0.2) is 39.7 Å². The molecule has 0 aromatic heterocycles. The fraction of sp³-hybridized carbons (Fsp3) is 0.562. The summed E-state index contributed by atoms with van der Waals surface area (Å²) in [4.78, 5) is 13.5. The van der Waals surface area contributed by atoms with Crippen molar-refractivity contribution in [1.82, 2.24) is 4.90 Å². The Morgan fingerprint density at radius 1 is 1.40 bits per heavy atom. The predicted octanol–water partition coefficient (Wildman–Crippen LogP) is 2.51. The maximum Gasteiger partial charge on any atom is 0.321 e. The molecule has 1 aromatic rings. The number of benzene rings is 1. The van der Waals surface area contributed by atoms with Crippen LogP contribution in [0.1, 0.15) is 32.3 Å². The molecule has 4 nitrogen and oxygen atoms in total. The molecule has 0 spiro atoms. The molecule has 0 radical (unpaired) electrons. The van der Waals surface area contributed by atoms with Crippen LogP contribution in [0.5, 0.6) is 5.75 Å². The molecular weight excluding hydrogens is 254 g/mol. The first kappa shape index (κ1) is 14.9. The lowest BCUT2D eigenvalue weighted by Gasteiger charge is -2.29. The van der Waals surface area contributed by atoms with E-state index >= 15 is 0 Å². The van der Waals surface area contributed by atoms with Gasteiger partial charge in [0.25, 0.3) is 0 Å². The van der Waals surface area contributed by atoms with E-state index in [2.05, 4.69) is 11.8 Å². The molecule has 4 heteroatoms. The topological polar surface area (TPSA) is 60.8 Å². The molecular formula is C16H23NO3. The SMILES string of the molecule is CC1CCN(C(C)CCc2ccc(O)cc2)C1C(=O)O. The third kappa shape index (κ3) is 3.31. The summed E-state index contributed by atoms with van der Waals surface area (Å²) in [5, 5.41) is 18.6. The van der Waals surface area contributed by atoms with Gasteiger partial charge in [0.1, 0.15) is 11.8 Å². The summed E-state index contributed by atoms with van der Waals surface area (Å²) in [7, 11) is 0. The van der Waals surface area contributed by atoms with Crippen LogP contribution in [0.4, 0.5) is 0 Å². The number of aryl methyl sites for hydroxylation is 1. The number of hydrogen-bond acceptors (Lipinski definition) is 3. The van der Waals surface area contributed by atoms with Gasteiger partial charge in [0.05, 0.1) is 0 Å². The van der Waals surface area contributed by atoms with Gasteiger partial charge in [0, 0.05) is 6.04 Å². The molecule has 2 N–H and O–H groups in total. The highest BCUT2D eigenvalue weighted by molar-refractivity contribution is 5.74. The van der Waals surface area contributed by atoms with Gasteiger partial charge in [-0.2, -0.15) is 0 Å². The van der Waals surface area contributed by atoms with Crippen molar-refractivity contribution in [3.05, 3.63) is 29.8 Å². The van der Waals surface area contributed by atoms with Crippen LogP contribution in [-0.2, 0) is 11.2 Å². The monoisotopic (exact) mass is 277 g/mol. The number of carbonyl (C=O) groups is 1. The van der Waals surface area contributed by atoms with E-state index in [1.165, 1.54) is 5.56 Å². The van der Waals surface area contributed by atoms with Gasteiger partial charge < -0.3 is 10.2 Å². The summed E-state index contributed by atoms with van der Waals surface area (Å²) in [6.07, 6.45) is 2.79. The Balaban J connectivity index is 1.92. The molecule has 1 aromatic carbocycles. The number of phenolic OH excluding ortho intramolecular Hbond substituents is 1. The molecule has 1 aliphatic rings. The minimum atomic E-state index is -0.702. The molecule has 1 heterocycles. The van der Waals surface area contributed by atoms with E-state index in [0.717, 1.165) is 25.8 Å². The zero-order chi connectivity index (χ0) is 14.7. The highest BCUT2D eigenvalue weighted by atomic mass is 16.4. The fourth-order valence-electron chi connectivity index (χ4n) is 3.06. The number of hydrogen-bond donors (Lipinski definition) is 2. The number of aliphatic carboxylic acids is 1. The van der Waals surface area contributed by atoms with E-state index < -0.39 is 5.97 Å². The van der Waals surface area contributed by atoms with Crippen molar-refractivity contribution in [1.29, 1.82) is 0 Å². The smallest absolute Gasteiger partial charge is 0.321 e. The molecule has 3 unspecified atom stereocenters. The normalized spacial score (nSPS) is 24.7. The first-order valence-electron chi connectivity index (χ1n) is 7.25. The minimum absolute atomic E-state index is 0.226. The molecule has 0 aliphatic carbocycles. The van der Waals surface area contributed by atoms with Crippen LogP contribution in [0.15, 0.2) is 24.3 Å². The highest BCUT2D eigenvalue weighted by Gasteiger charge is 2.38. The number of phenols is 1. The minimum Gasteiger partial charge on any atom is -0.508 e. The Morgan fingerprint density at radius 3 is 2.65 bits per heavy atom. The van der Waals surface area contributed by atoms with E-state index in [9.17, 15) is 15.0 Å². The standard InChI is InChI=1S/C16H23NO3/c1-11-9-10-17(15(11)16(19)20)12(2)3-4-13-5-7-14(18)8-6-13/h5-8,11-12,15,18H,3-4,9-10H2,1-2H3,(H,19,20). The van der Waals surface area contributed by atoms with Crippen LogP contribution in [0.2, 0.25) is 0 Å². The van der Waals surface area contributed by atoms with Crippen LogP contribution in [0, 0.1) is 5.92 Å². The zero-order valence-electron chi connectivity index (χ0n) is 12.1. The van der Waals surface area contributed by atoms with Crippen molar-refractivity contribution < 1.29 is 15.0 Å². The van der Waals surface area contributed by atoms with E-state index in [1.54, 1.807) is 12.1 Å². The summed E-state index contributed by atoms with van der Waals surface area (Å²) in [5.41, 5.74) is 1.17. The third-order valence-corrected chi connectivity index (χ3v) is 4.35. The molecule has 2 rings (SSSR count). The lowest BCUT2D eigenvalue weighted by atomic mass is 10.0. The fourth-order valence-corrected chi connectivity index (χ4v) is 3.06. The van der Waals surface area contributed by atoms with Crippen molar-refractivity contribution in [2.75, 3.05) is 6.54 Å². The lowest BCUT2D eigenvalue weighted by Crippen LogP contribution is -2.44. The van der Waals surface area contributed by atoms with Gasteiger partial charge >= 0.3 is 5.97 Å². The Morgan fingerprint density at radius 2 is 2.05 bits per heavy atom. The quantitative estimate of drug-likeness (QED) is 0.868. The van der Waals surface area contributed by atoms with Crippen LogP contribution in [0.3, 0.4) is 0 Å². The Hall–Kier alpha value is -1.55. The Bertz CT molecular complexity index is 457. The van der Waals surface area contributed by atoms with Crippen LogP contribution >= 0.6 is 0 Å². The van der Waals surface area contributed by atoms with E-state index in [1.807, 2.05) is 19.1 Å². The largest absolute Gasteiger partial charge is 0.508 e. The van der Waals surface area contributed by atoms with Gasteiger partial charge in [-0.15, -0.1) is 0 Å². The summed E-state index contributed by atoms with van der Waals surface area (Å²) >= 11 is 0. The van der Waals surface area contributed by atoms with Crippen molar-refractivity contribution >= 4 is 5.97 Å². The molecule has 0 bridgehead atoms. The van der Waals surface area contributed by atoms with Crippen LogP contribution in [0.25, 0.3) is 0 Å². The molecule has 0 saturated carbocycles. The predicted molar refractivity (Wildman–Crippen MR) is 77.8 cm³/mol. The van der Waals surface area contributed by atoms with Crippen LogP contribution < -0.4 is 0 Å². The summed E-state index contributed by atoms with van der Waals surface area (Å²) in [5.74, 6) is -0.198. The van der Waals surface area contributed by atoms with E-state index in [0.29, 0.717) is 0 Å². The second-order valence-corrected chi connectivity index (χ2v) is 5.84. The van der Waals surface area contributed by atoms with Crippen molar-refractivity contribution in [2.45, 2.75) is 45.2 Å². The Labute approximate surface area is 120 Å². The number of aromatic hydroxyl groups is 1. The van der Waals surface area contributed by atoms with E-state index in [4.69, 9.17) is 0 Å². The zero-order valence-corrected chi connectivity index (χ0v) is 12.1. The number of carboxylic acid groups (broad SMARTS) is 1. The second-order valence-electron chi connectivity index (χ2n) is 5.84. The number of nitrogens with zero attached hydrogens (tertiary/aromatic N) is 1. The molecule has 0 amide bonds. The average Bonchev–Trinajstić information content (AvgIpc) is 2.80. The molecule has 110 valence electrons. The molecule has 1 saturated heterocycles. The molecule has 20 heavy (non-hydrogen) atoms. The van der Waals surface area contributed by atoms with Gasteiger partial charge in [0.2, 0.25) is 0 Å². The number of carboxylic acids is 1. The van der Waals surface area contributed by atoms with Gasteiger partial charge in [-0.3, -0.25) is 9.69 Å². The van der Waals surface area contributed by atoms with E-state index in [-0.39, 0.29) is 23.8 Å². The highest BCUT2D eigenvalue weighted by Crippen LogP contribution is 2.27. The van der Waals surface area contributed by atoms with Crippen molar-refractivity contribution in [3.8, 4) is 5.75 Å². The molecule has 3 atom stereocenters. The average molecular weight is 277 g/mol. The molecule has 1 aliphatic heterocycles. The van der Waals surface area contributed by atoms with Gasteiger partial charge in [-0.05, 0) is 56.3 Å². The summed E-state index contributed by atoms with van der Waals surface area (Å²) < 4.78 is 0. The van der Waals surface area contributed by atoms with Crippen molar-refractivity contribution in [2.24, 2.45) is 5.92 Å². The van der Waals surface area contributed by atoms with Gasteiger partial charge in [0.15, 0.2) is 0 Å². The maximum absolute atomic E-state index is 11.4. The first-order valence-corrected chi connectivity index (χ1v) is 7.25. The third-order valence-electron chi connectivity index (χ3n) is 4.35. The lowest BCUT2D eigenvalue weighted by molar-refractivity contribution is -0.144. The van der Waals surface area contributed by atoms with Gasteiger partial charge in [-0.25, -0.2) is 0 Å². The first-order chi connectivity index (χ1) is 9.49. The molecule has 1 fully saturated rings. The second kappa shape index (κ2) is 6.27. The summed E-state index contributed by atoms with van der Waals surface area (Å²) in [6, 6.07) is 7.14. The number of rotatable bonds is 5.